The molecule has 2 aromatic rings. The third-order valence-corrected chi connectivity index (χ3v) is 6.85. The van der Waals surface area contributed by atoms with E-state index in [1.54, 1.807) is 30.5 Å². The van der Waals surface area contributed by atoms with Crippen molar-refractivity contribution in [3.05, 3.63) is 101 Å². The second-order valence-corrected chi connectivity index (χ2v) is 8.94. The van der Waals surface area contributed by atoms with E-state index in [2.05, 4.69) is 4.99 Å². The van der Waals surface area contributed by atoms with Gasteiger partial charge >= 0.3 is 0 Å². The Labute approximate surface area is 204 Å². The highest BCUT2D eigenvalue weighted by Gasteiger charge is 2.32. The number of carbonyl (C=O) groups excluding carboxylic acids is 2. The van der Waals surface area contributed by atoms with Crippen LogP contribution in [-0.4, -0.2) is 31.6 Å². The van der Waals surface area contributed by atoms with Gasteiger partial charge in [0.05, 0.1) is 12.8 Å². The second-order valence-electron chi connectivity index (χ2n) is 8.94. The van der Waals surface area contributed by atoms with Gasteiger partial charge in [-0.2, -0.15) is 0 Å². The monoisotopic (exact) mass is 470 g/mol. The van der Waals surface area contributed by atoms with Crippen LogP contribution in [0.15, 0.2) is 88.7 Å². The fourth-order valence-electron chi connectivity index (χ4n) is 5.03. The minimum Gasteiger partial charge on any atom is -0.493 e. The molecule has 0 spiro atoms. The van der Waals surface area contributed by atoms with E-state index in [4.69, 9.17) is 4.74 Å². The maximum absolute atomic E-state index is 15.8. The van der Waals surface area contributed by atoms with Gasteiger partial charge in [0.1, 0.15) is 6.04 Å². The maximum Gasteiger partial charge on any atom is 0.227 e. The van der Waals surface area contributed by atoms with Crippen molar-refractivity contribution in [2.75, 3.05) is 18.6 Å². The fraction of sp³-hybridized carbons (Fsp3) is 0.276. The number of benzene rings is 2. The van der Waals surface area contributed by atoms with Crippen molar-refractivity contribution in [2.24, 2.45) is 4.99 Å². The second kappa shape index (κ2) is 9.82. The number of rotatable bonds is 5. The Balaban J connectivity index is 1.49. The van der Waals surface area contributed by atoms with Crippen LogP contribution in [0.4, 0.5) is 10.1 Å². The number of aliphatic imine (C=N–C) groups is 1. The Morgan fingerprint density at radius 1 is 1.06 bits per heavy atom. The molecule has 6 heteroatoms. The van der Waals surface area contributed by atoms with Gasteiger partial charge in [0.2, 0.25) is 11.7 Å². The Kier molecular flexibility index (Phi) is 6.45. The summed E-state index contributed by atoms with van der Waals surface area (Å²) in [4.78, 5) is 32.0. The number of ether oxygens (including phenoxy) is 1. The summed E-state index contributed by atoms with van der Waals surface area (Å²) in [5.41, 5.74) is 3.06. The molecule has 0 N–H and O–H groups in total. The highest BCUT2D eigenvalue weighted by atomic mass is 19.1. The molecule has 0 aromatic heterocycles. The lowest BCUT2D eigenvalue weighted by atomic mass is 9.90. The van der Waals surface area contributed by atoms with Gasteiger partial charge in [-0.1, -0.05) is 48.5 Å². The van der Waals surface area contributed by atoms with Crippen LogP contribution in [0.2, 0.25) is 0 Å². The Bertz CT molecular complexity index is 1280. The lowest BCUT2D eigenvalue weighted by molar-refractivity contribution is -0.119. The first-order chi connectivity index (χ1) is 17.1. The number of carbonyl (C=O) groups is 2. The van der Waals surface area contributed by atoms with Gasteiger partial charge < -0.3 is 9.64 Å². The summed E-state index contributed by atoms with van der Waals surface area (Å²) in [5.74, 6) is -0.954. The molecule has 1 amide bonds. The van der Waals surface area contributed by atoms with Gasteiger partial charge in [-0.15, -0.1) is 0 Å². The minimum absolute atomic E-state index is 0.0567. The summed E-state index contributed by atoms with van der Waals surface area (Å²) in [6.07, 6.45) is 9.67. The molecule has 35 heavy (non-hydrogen) atoms. The molecule has 0 radical (unpaired) electrons. The first-order valence-corrected chi connectivity index (χ1v) is 12.0. The molecular formula is C29H27FN2O3. The number of methoxy groups -OCH3 is 1. The molecule has 5 nitrogen and oxygen atoms in total. The molecule has 5 rings (SSSR count). The smallest absolute Gasteiger partial charge is 0.227 e. The van der Waals surface area contributed by atoms with E-state index in [0.717, 1.165) is 24.0 Å². The van der Waals surface area contributed by atoms with E-state index in [1.165, 1.54) is 12.0 Å². The number of nitrogens with zero attached hydrogens (tertiary/aromatic N) is 2. The maximum atomic E-state index is 15.8. The van der Waals surface area contributed by atoms with E-state index >= 15 is 4.39 Å². The third kappa shape index (κ3) is 4.36. The van der Waals surface area contributed by atoms with Crippen LogP contribution >= 0.6 is 0 Å². The normalized spacial score (nSPS) is 22.5. The number of anilines is 1. The minimum atomic E-state index is -0.422. The molecular weight excluding hydrogens is 443 g/mol. The Morgan fingerprint density at radius 2 is 1.89 bits per heavy atom. The molecule has 2 aliphatic heterocycles. The average Bonchev–Trinajstić information content (AvgIpc) is 3.30. The summed E-state index contributed by atoms with van der Waals surface area (Å²) >= 11 is 0. The molecule has 2 aromatic carbocycles. The van der Waals surface area contributed by atoms with Gasteiger partial charge in [0.15, 0.2) is 11.6 Å². The zero-order chi connectivity index (χ0) is 24.4. The molecule has 0 bridgehead atoms. The first kappa shape index (κ1) is 23.0. The number of Topliss-reactive ketones (excluding diaryl/α,β-unsaturated/α-hetero) is 1. The van der Waals surface area contributed by atoms with Crippen molar-refractivity contribution in [1.82, 2.24) is 0 Å². The van der Waals surface area contributed by atoms with Crippen LogP contribution in [-0.2, 0) is 14.3 Å². The zero-order valence-electron chi connectivity index (χ0n) is 19.6. The van der Waals surface area contributed by atoms with Crippen molar-refractivity contribution in [2.45, 2.75) is 37.6 Å². The number of ketones is 1. The van der Waals surface area contributed by atoms with Gasteiger partial charge in [-0.05, 0) is 54.2 Å². The van der Waals surface area contributed by atoms with Gasteiger partial charge in [0.25, 0.3) is 0 Å². The largest absolute Gasteiger partial charge is 0.493 e. The van der Waals surface area contributed by atoms with Crippen LogP contribution in [0.1, 0.15) is 48.8 Å². The zero-order valence-corrected chi connectivity index (χ0v) is 19.6. The molecule has 1 aliphatic carbocycles. The van der Waals surface area contributed by atoms with Crippen molar-refractivity contribution < 1.29 is 18.7 Å². The van der Waals surface area contributed by atoms with E-state index in [1.807, 2.05) is 42.5 Å². The fourth-order valence-corrected chi connectivity index (χ4v) is 5.03. The standard InChI is InChI=1S/C29H27FN2O3/c1-35-25-18-20(21-10-7-11-24(27(21)30)32-17-6-5-12-26(32)33)13-14-23(29(25)34)22-15-16-31-28(22)19-8-3-2-4-9-19/h2-4,7-11,14-16,18,20,28H,5-6,12-13,17H2,1H3. The van der Waals surface area contributed by atoms with Gasteiger partial charge in [0, 0.05) is 30.7 Å². The predicted molar refractivity (Wildman–Crippen MR) is 134 cm³/mol. The van der Waals surface area contributed by atoms with Gasteiger partial charge in [-0.3, -0.25) is 14.6 Å². The Hall–Kier alpha value is -3.80. The molecule has 2 atom stereocenters. The topological polar surface area (TPSA) is 59.0 Å². The number of amides is 1. The molecule has 2 heterocycles. The van der Waals surface area contributed by atoms with E-state index in [0.29, 0.717) is 36.2 Å². The lowest BCUT2D eigenvalue weighted by Gasteiger charge is -2.28. The van der Waals surface area contributed by atoms with Crippen molar-refractivity contribution in [3.8, 4) is 0 Å². The molecule has 2 unspecified atom stereocenters. The quantitative estimate of drug-likeness (QED) is 0.571. The molecule has 1 saturated heterocycles. The molecule has 0 saturated carbocycles. The highest BCUT2D eigenvalue weighted by Crippen LogP contribution is 2.39. The third-order valence-electron chi connectivity index (χ3n) is 6.85. The van der Waals surface area contributed by atoms with Crippen molar-refractivity contribution in [3.63, 3.8) is 0 Å². The molecule has 1 fully saturated rings. The van der Waals surface area contributed by atoms with E-state index in [-0.39, 0.29) is 23.5 Å². The number of allylic oxidation sites excluding steroid dienone is 4. The first-order valence-electron chi connectivity index (χ1n) is 12.0. The summed E-state index contributed by atoms with van der Waals surface area (Å²) in [6.45, 7) is 0.514. The van der Waals surface area contributed by atoms with Crippen LogP contribution in [0.25, 0.3) is 0 Å². The Morgan fingerprint density at radius 3 is 2.66 bits per heavy atom. The van der Waals surface area contributed by atoms with E-state index in [9.17, 15) is 9.59 Å². The van der Waals surface area contributed by atoms with Crippen molar-refractivity contribution in [1.29, 1.82) is 0 Å². The number of halogens is 1. The van der Waals surface area contributed by atoms with Crippen LogP contribution in [0, 0.1) is 5.82 Å². The summed E-state index contributed by atoms with van der Waals surface area (Å²) in [5, 5.41) is 0. The summed E-state index contributed by atoms with van der Waals surface area (Å²) < 4.78 is 21.2. The number of hydrogen-bond acceptors (Lipinski definition) is 4. The van der Waals surface area contributed by atoms with Crippen LogP contribution in [0.3, 0.4) is 0 Å². The number of piperidine rings is 1. The van der Waals surface area contributed by atoms with Crippen molar-refractivity contribution >= 4 is 23.6 Å². The summed E-state index contributed by atoms with van der Waals surface area (Å²) in [6, 6.07) is 14.7. The lowest BCUT2D eigenvalue weighted by Crippen LogP contribution is -2.36. The summed E-state index contributed by atoms with van der Waals surface area (Å²) in [7, 11) is 1.46. The van der Waals surface area contributed by atoms with E-state index < -0.39 is 11.7 Å². The molecule has 3 aliphatic rings. The SMILES string of the molecule is COC1=CC(c2cccc(N3CCCCC3=O)c2F)CC=C(C2=CC=NC2c2ccccc2)C1=O. The highest BCUT2D eigenvalue weighted by molar-refractivity contribution is 6.11. The number of hydrogen-bond donors (Lipinski definition) is 0. The predicted octanol–water partition coefficient (Wildman–Crippen LogP) is 5.61. The molecule has 178 valence electrons. The van der Waals surface area contributed by atoms with Crippen LogP contribution < -0.4 is 4.90 Å². The van der Waals surface area contributed by atoms with Gasteiger partial charge in [-0.25, -0.2) is 4.39 Å². The van der Waals surface area contributed by atoms with Crippen LogP contribution in [0.5, 0.6) is 0 Å². The average molecular weight is 471 g/mol.